The van der Waals surface area contributed by atoms with E-state index in [0.29, 0.717) is 42.5 Å². The van der Waals surface area contributed by atoms with Gasteiger partial charge in [-0.05, 0) is 96.6 Å². The summed E-state index contributed by atoms with van der Waals surface area (Å²) in [5.74, 6) is 2.89. The van der Waals surface area contributed by atoms with Crippen LogP contribution in [-0.2, 0) is 19.1 Å². The Kier molecular flexibility index (Phi) is 6.26. The quantitative estimate of drug-likeness (QED) is 0.449. The van der Waals surface area contributed by atoms with Crippen LogP contribution in [0.1, 0.15) is 67.2 Å². The van der Waals surface area contributed by atoms with E-state index >= 15 is 0 Å². The second-order valence-electron chi connectivity index (χ2n) is 10.6. The first-order valence-electron chi connectivity index (χ1n) is 12.6. The third-order valence-corrected chi connectivity index (χ3v) is 8.87. The molecule has 5 heteroatoms. The summed E-state index contributed by atoms with van der Waals surface area (Å²) in [4.78, 5) is 0. The number of alkyl halides is 3. The molecule has 0 saturated heterocycles. The first-order chi connectivity index (χ1) is 16.3. The van der Waals surface area contributed by atoms with E-state index in [9.17, 15) is 13.2 Å². The molecule has 182 valence electrons. The Morgan fingerprint density at radius 2 is 1.97 bits per heavy atom. The van der Waals surface area contributed by atoms with Crippen molar-refractivity contribution < 1.29 is 17.9 Å². The lowest BCUT2D eigenvalue weighted by Crippen LogP contribution is -2.48. The van der Waals surface area contributed by atoms with Crippen molar-refractivity contribution in [2.45, 2.75) is 70.1 Å². The maximum Gasteiger partial charge on any atom is 0.416 e. The van der Waals surface area contributed by atoms with Gasteiger partial charge in [-0.25, -0.2) is 0 Å². The topological polar surface area (TPSA) is 21.3 Å². The molecular formula is C29H34F3NO. The van der Waals surface area contributed by atoms with Gasteiger partial charge in [0.05, 0.1) is 5.56 Å². The summed E-state index contributed by atoms with van der Waals surface area (Å²) in [6, 6.07) is 12.7. The van der Waals surface area contributed by atoms with Crippen LogP contribution in [0.3, 0.4) is 0 Å². The minimum atomic E-state index is -4.30. The largest absolute Gasteiger partial charge is 0.490 e. The molecule has 3 aliphatic rings. The summed E-state index contributed by atoms with van der Waals surface area (Å²) >= 11 is 0. The number of benzene rings is 2. The SMILES string of the molecule is C=CCOc1ccc2c(c1)CC[C@@H]1[C@@H]2CC[C@]2(C)[C@@H](NCc3cccc(C(F)(F)F)c3)CC[C@@H]12. The normalized spacial score (nSPS) is 30.2. The number of ether oxygens (including phenoxy) is 1. The molecular weight excluding hydrogens is 435 g/mol. The van der Waals surface area contributed by atoms with Crippen molar-refractivity contribution in [3.8, 4) is 5.75 Å². The Morgan fingerprint density at radius 1 is 1.12 bits per heavy atom. The molecule has 0 spiro atoms. The van der Waals surface area contributed by atoms with E-state index in [2.05, 4.69) is 37.0 Å². The van der Waals surface area contributed by atoms with Crippen molar-refractivity contribution in [2.75, 3.05) is 6.61 Å². The molecule has 5 rings (SSSR count). The lowest BCUT2D eigenvalue weighted by molar-refractivity contribution is -0.137. The summed E-state index contributed by atoms with van der Waals surface area (Å²) in [5.41, 5.74) is 3.28. The Balaban J connectivity index is 1.28. The van der Waals surface area contributed by atoms with Crippen LogP contribution in [0, 0.1) is 17.3 Å². The van der Waals surface area contributed by atoms with E-state index in [1.807, 2.05) is 0 Å². The van der Waals surface area contributed by atoms with Crippen LogP contribution in [0.4, 0.5) is 13.2 Å². The second kappa shape index (κ2) is 9.07. The number of hydrogen-bond acceptors (Lipinski definition) is 2. The summed E-state index contributed by atoms with van der Waals surface area (Å²) in [7, 11) is 0. The van der Waals surface area contributed by atoms with Crippen molar-refractivity contribution in [2.24, 2.45) is 17.3 Å². The zero-order chi connectivity index (χ0) is 23.9. The molecule has 0 bridgehead atoms. The maximum absolute atomic E-state index is 13.1. The summed E-state index contributed by atoms with van der Waals surface area (Å²) < 4.78 is 45.1. The molecule has 2 aromatic rings. The maximum atomic E-state index is 13.1. The highest BCUT2D eigenvalue weighted by molar-refractivity contribution is 5.41. The minimum Gasteiger partial charge on any atom is -0.490 e. The van der Waals surface area contributed by atoms with E-state index in [1.54, 1.807) is 12.1 Å². The van der Waals surface area contributed by atoms with Gasteiger partial charge in [0, 0.05) is 12.6 Å². The molecule has 5 atom stereocenters. The predicted molar refractivity (Wildman–Crippen MR) is 129 cm³/mol. The Hall–Kier alpha value is -2.27. The highest BCUT2D eigenvalue weighted by atomic mass is 19.4. The minimum absolute atomic E-state index is 0.202. The smallest absolute Gasteiger partial charge is 0.416 e. The fourth-order valence-electron chi connectivity index (χ4n) is 7.24. The van der Waals surface area contributed by atoms with Crippen LogP contribution >= 0.6 is 0 Å². The monoisotopic (exact) mass is 469 g/mol. The van der Waals surface area contributed by atoms with Crippen molar-refractivity contribution in [1.29, 1.82) is 0 Å². The summed E-state index contributed by atoms with van der Waals surface area (Å²) in [6.45, 7) is 7.17. The van der Waals surface area contributed by atoms with Crippen molar-refractivity contribution >= 4 is 0 Å². The van der Waals surface area contributed by atoms with E-state index in [0.717, 1.165) is 31.1 Å². The van der Waals surface area contributed by atoms with Gasteiger partial charge in [0.15, 0.2) is 0 Å². The average Bonchev–Trinajstić information content (AvgIpc) is 3.17. The molecule has 2 aromatic carbocycles. The summed E-state index contributed by atoms with van der Waals surface area (Å²) in [5, 5.41) is 3.67. The molecule has 0 heterocycles. The van der Waals surface area contributed by atoms with Crippen LogP contribution in [-0.4, -0.2) is 12.6 Å². The lowest BCUT2D eigenvalue weighted by atomic mass is 9.55. The molecule has 2 saturated carbocycles. The molecule has 0 unspecified atom stereocenters. The fraction of sp³-hybridized carbons (Fsp3) is 0.517. The van der Waals surface area contributed by atoms with Crippen LogP contribution in [0.25, 0.3) is 0 Å². The molecule has 34 heavy (non-hydrogen) atoms. The van der Waals surface area contributed by atoms with Gasteiger partial charge in [0.2, 0.25) is 0 Å². The molecule has 3 aliphatic carbocycles. The Labute approximate surface area is 200 Å². The molecule has 0 amide bonds. The van der Waals surface area contributed by atoms with E-state index < -0.39 is 11.7 Å². The van der Waals surface area contributed by atoms with E-state index in [1.165, 1.54) is 42.5 Å². The van der Waals surface area contributed by atoms with Gasteiger partial charge < -0.3 is 10.1 Å². The molecule has 0 aliphatic heterocycles. The van der Waals surface area contributed by atoms with Crippen LogP contribution in [0.15, 0.2) is 55.1 Å². The Bertz CT molecular complexity index is 1050. The van der Waals surface area contributed by atoms with Gasteiger partial charge in [0.25, 0.3) is 0 Å². The lowest BCUT2D eigenvalue weighted by Gasteiger charge is -2.51. The highest BCUT2D eigenvalue weighted by Gasteiger charge is 2.54. The summed E-state index contributed by atoms with van der Waals surface area (Å²) in [6.07, 6.45) is 4.42. The van der Waals surface area contributed by atoms with Crippen LogP contribution in [0.5, 0.6) is 5.75 Å². The van der Waals surface area contributed by atoms with Crippen LogP contribution in [0.2, 0.25) is 0 Å². The van der Waals surface area contributed by atoms with Gasteiger partial charge in [-0.2, -0.15) is 13.2 Å². The van der Waals surface area contributed by atoms with Crippen molar-refractivity contribution in [3.63, 3.8) is 0 Å². The number of halogens is 3. The molecule has 0 aromatic heterocycles. The zero-order valence-electron chi connectivity index (χ0n) is 19.8. The third kappa shape index (κ3) is 4.28. The molecule has 2 nitrogen and oxygen atoms in total. The zero-order valence-corrected chi connectivity index (χ0v) is 19.8. The van der Waals surface area contributed by atoms with Crippen molar-refractivity contribution in [3.05, 3.63) is 77.4 Å². The molecule has 0 radical (unpaired) electrons. The Morgan fingerprint density at radius 3 is 2.76 bits per heavy atom. The second-order valence-corrected chi connectivity index (χ2v) is 10.6. The standard InChI is InChI=1S/C29H34F3NO/c1-3-15-34-22-8-10-23-20(17-22)7-9-25-24(23)13-14-28(2)26(25)11-12-27(28)33-18-19-5-4-6-21(16-19)29(30,31)32/h3-6,8,10,16-17,24-27,33H,1,7,9,11-15,18H2,2H3/t24-,25-,26+,27+,28+/m1/s1. The van der Waals surface area contributed by atoms with Gasteiger partial charge in [-0.1, -0.05) is 43.8 Å². The number of hydrogen-bond donors (Lipinski definition) is 1. The van der Waals surface area contributed by atoms with Gasteiger partial charge in [-0.3, -0.25) is 0 Å². The average molecular weight is 470 g/mol. The van der Waals surface area contributed by atoms with Crippen molar-refractivity contribution in [1.82, 2.24) is 5.32 Å². The fourth-order valence-corrected chi connectivity index (χ4v) is 7.24. The number of rotatable bonds is 6. The first-order valence-corrected chi connectivity index (χ1v) is 12.6. The van der Waals surface area contributed by atoms with Gasteiger partial charge >= 0.3 is 6.18 Å². The van der Waals surface area contributed by atoms with E-state index in [4.69, 9.17) is 4.74 Å². The highest BCUT2D eigenvalue weighted by Crippen LogP contribution is 2.61. The van der Waals surface area contributed by atoms with Gasteiger partial charge in [-0.15, -0.1) is 0 Å². The van der Waals surface area contributed by atoms with Gasteiger partial charge in [0.1, 0.15) is 12.4 Å². The number of fused-ring (bicyclic) bond motifs is 5. The first kappa shape index (κ1) is 23.5. The number of aryl methyl sites for hydroxylation is 1. The molecule has 1 N–H and O–H groups in total. The predicted octanol–water partition coefficient (Wildman–Crippen LogP) is 7.28. The number of nitrogens with one attached hydrogen (secondary N) is 1. The third-order valence-electron chi connectivity index (χ3n) is 8.87. The van der Waals surface area contributed by atoms with Crippen LogP contribution < -0.4 is 10.1 Å². The van der Waals surface area contributed by atoms with E-state index in [-0.39, 0.29) is 5.41 Å². The molecule has 2 fully saturated rings.